The van der Waals surface area contributed by atoms with Gasteiger partial charge in [0.05, 0.1) is 18.8 Å². The topological polar surface area (TPSA) is 69.6 Å². The van der Waals surface area contributed by atoms with Crippen LogP contribution in [0.4, 0.5) is 0 Å². The van der Waals surface area contributed by atoms with Gasteiger partial charge in [0.2, 0.25) is 5.91 Å². The summed E-state index contributed by atoms with van der Waals surface area (Å²) in [5.41, 5.74) is 0. The van der Waals surface area contributed by atoms with E-state index in [4.69, 9.17) is 0 Å². The standard InChI is InChI=1S/C42H85NO3/c1-3-5-7-9-11-13-15-17-18-19-20-21-22-23-24-25-26-28-30-32-34-36-38-42(46)43-40(39-44)41(45)37-35-33-31-29-27-16-14-12-10-8-6-4-2/h40-41,44-45H,3-39H2,1-2H3,(H,43,46). The molecule has 0 aliphatic heterocycles. The second kappa shape index (κ2) is 38.8. The van der Waals surface area contributed by atoms with Gasteiger partial charge in [0.15, 0.2) is 0 Å². The van der Waals surface area contributed by atoms with E-state index in [0.717, 1.165) is 25.7 Å². The van der Waals surface area contributed by atoms with Crippen molar-refractivity contribution in [1.82, 2.24) is 5.32 Å². The van der Waals surface area contributed by atoms with Gasteiger partial charge in [0, 0.05) is 6.42 Å². The number of hydrogen-bond donors (Lipinski definition) is 3. The molecule has 46 heavy (non-hydrogen) atoms. The van der Waals surface area contributed by atoms with Gasteiger partial charge in [-0.15, -0.1) is 0 Å². The molecule has 0 aromatic carbocycles. The first kappa shape index (κ1) is 45.4. The third-order valence-electron chi connectivity index (χ3n) is 10.1. The van der Waals surface area contributed by atoms with Crippen molar-refractivity contribution in [2.45, 2.75) is 257 Å². The third-order valence-corrected chi connectivity index (χ3v) is 10.1. The highest BCUT2D eigenvalue weighted by Crippen LogP contribution is 2.17. The van der Waals surface area contributed by atoms with E-state index in [-0.39, 0.29) is 12.5 Å². The van der Waals surface area contributed by atoms with Crippen LogP contribution in [-0.2, 0) is 4.79 Å². The third kappa shape index (κ3) is 34.7. The van der Waals surface area contributed by atoms with E-state index in [1.54, 1.807) is 0 Å². The van der Waals surface area contributed by atoms with Crippen LogP contribution in [0.15, 0.2) is 0 Å². The summed E-state index contributed by atoms with van der Waals surface area (Å²) in [6, 6.07) is -0.528. The molecule has 2 unspecified atom stereocenters. The van der Waals surface area contributed by atoms with Crippen molar-refractivity contribution in [3.05, 3.63) is 0 Å². The molecule has 4 heteroatoms. The van der Waals surface area contributed by atoms with E-state index in [0.29, 0.717) is 12.8 Å². The molecule has 0 rings (SSSR count). The summed E-state index contributed by atoms with van der Waals surface area (Å²) in [5.74, 6) is -0.0269. The normalized spacial score (nSPS) is 12.9. The SMILES string of the molecule is CCCCCCCCCCCCCCCCCCCCCCCCC(=O)NC(CO)C(O)CCCCCCCCCCCCCC. The predicted molar refractivity (Wildman–Crippen MR) is 203 cm³/mol. The minimum atomic E-state index is -0.651. The van der Waals surface area contributed by atoms with E-state index in [2.05, 4.69) is 19.2 Å². The number of aliphatic hydroxyl groups excluding tert-OH is 2. The molecule has 0 heterocycles. The molecule has 0 spiro atoms. The number of carbonyl (C=O) groups excluding carboxylic acids is 1. The first-order valence-electron chi connectivity index (χ1n) is 21.2. The number of amides is 1. The van der Waals surface area contributed by atoms with Gasteiger partial charge in [-0.1, -0.05) is 226 Å². The predicted octanol–water partition coefficient (Wildman–Crippen LogP) is 12.9. The Morgan fingerprint density at radius 1 is 0.435 bits per heavy atom. The van der Waals surface area contributed by atoms with Gasteiger partial charge in [0.25, 0.3) is 0 Å². The first-order chi connectivity index (χ1) is 22.7. The van der Waals surface area contributed by atoms with Crippen molar-refractivity contribution in [3.63, 3.8) is 0 Å². The zero-order valence-corrected chi connectivity index (χ0v) is 31.6. The van der Waals surface area contributed by atoms with Gasteiger partial charge in [-0.3, -0.25) is 4.79 Å². The van der Waals surface area contributed by atoms with Crippen LogP contribution in [0.5, 0.6) is 0 Å². The molecule has 0 fully saturated rings. The zero-order valence-electron chi connectivity index (χ0n) is 31.6. The number of aliphatic hydroxyl groups is 2. The smallest absolute Gasteiger partial charge is 0.220 e. The van der Waals surface area contributed by atoms with Crippen molar-refractivity contribution in [1.29, 1.82) is 0 Å². The van der Waals surface area contributed by atoms with Crippen LogP contribution < -0.4 is 5.32 Å². The number of carbonyl (C=O) groups is 1. The van der Waals surface area contributed by atoms with Crippen molar-refractivity contribution in [2.24, 2.45) is 0 Å². The van der Waals surface area contributed by atoms with Gasteiger partial charge in [-0.05, 0) is 12.8 Å². The number of hydrogen-bond acceptors (Lipinski definition) is 3. The van der Waals surface area contributed by atoms with Crippen molar-refractivity contribution >= 4 is 5.91 Å². The largest absolute Gasteiger partial charge is 0.394 e. The van der Waals surface area contributed by atoms with E-state index < -0.39 is 12.1 Å². The highest BCUT2D eigenvalue weighted by atomic mass is 16.3. The summed E-state index contributed by atoms with van der Waals surface area (Å²) in [4.78, 5) is 12.4. The molecule has 4 nitrogen and oxygen atoms in total. The lowest BCUT2D eigenvalue weighted by Crippen LogP contribution is -2.45. The molecule has 0 aliphatic carbocycles. The average Bonchev–Trinajstić information content (AvgIpc) is 3.06. The molecule has 0 radical (unpaired) electrons. The number of rotatable bonds is 39. The Kier molecular flexibility index (Phi) is 38.3. The van der Waals surface area contributed by atoms with Crippen LogP contribution in [0.2, 0.25) is 0 Å². The monoisotopic (exact) mass is 652 g/mol. The lowest BCUT2D eigenvalue weighted by atomic mass is 10.0. The van der Waals surface area contributed by atoms with E-state index in [1.807, 2.05) is 0 Å². The molecule has 276 valence electrons. The Balaban J connectivity index is 3.44. The van der Waals surface area contributed by atoms with Crippen LogP contribution in [0.1, 0.15) is 245 Å². The van der Waals surface area contributed by atoms with Crippen LogP contribution in [0, 0.1) is 0 Å². The Morgan fingerprint density at radius 2 is 0.696 bits per heavy atom. The minimum absolute atomic E-state index is 0.0269. The summed E-state index contributed by atoms with van der Waals surface area (Å²) >= 11 is 0. The summed E-state index contributed by atoms with van der Waals surface area (Å²) in [6.07, 6.45) is 46.1. The molecule has 1 amide bonds. The Morgan fingerprint density at radius 3 is 0.978 bits per heavy atom. The summed E-state index contributed by atoms with van der Waals surface area (Å²) in [7, 11) is 0. The molecule has 3 N–H and O–H groups in total. The van der Waals surface area contributed by atoms with Crippen LogP contribution in [0.3, 0.4) is 0 Å². The first-order valence-corrected chi connectivity index (χ1v) is 21.2. The fourth-order valence-corrected chi connectivity index (χ4v) is 6.83. The maximum atomic E-state index is 12.4. The lowest BCUT2D eigenvalue weighted by Gasteiger charge is -2.22. The number of unbranched alkanes of at least 4 members (excludes halogenated alkanes) is 32. The molecule has 0 aromatic rings. The summed E-state index contributed by atoms with van der Waals surface area (Å²) < 4.78 is 0. The lowest BCUT2D eigenvalue weighted by molar-refractivity contribution is -0.123. The van der Waals surface area contributed by atoms with Gasteiger partial charge < -0.3 is 15.5 Å². The molecular formula is C42H85NO3. The van der Waals surface area contributed by atoms with Crippen molar-refractivity contribution < 1.29 is 15.0 Å². The average molecular weight is 652 g/mol. The molecule has 0 aromatic heterocycles. The molecule has 2 atom stereocenters. The van der Waals surface area contributed by atoms with Gasteiger partial charge in [-0.25, -0.2) is 0 Å². The van der Waals surface area contributed by atoms with Crippen LogP contribution in [0.25, 0.3) is 0 Å². The maximum Gasteiger partial charge on any atom is 0.220 e. The zero-order chi connectivity index (χ0) is 33.6. The molecule has 0 saturated carbocycles. The molecule has 0 saturated heterocycles. The van der Waals surface area contributed by atoms with Crippen molar-refractivity contribution in [2.75, 3.05) is 6.61 Å². The molecular weight excluding hydrogens is 566 g/mol. The quantitative estimate of drug-likeness (QED) is 0.0579. The Hall–Kier alpha value is -0.610. The van der Waals surface area contributed by atoms with Gasteiger partial charge in [-0.2, -0.15) is 0 Å². The fourth-order valence-electron chi connectivity index (χ4n) is 6.83. The van der Waals surface area contributed by atoms with E-state index in [1.165, 1.54) is 193 Å². The Labute approximate surface area is 289 Å². The summed E-state index contributed by atoms with van der Waals surface area (Å²) in [5, 5.41) is 23.1. The van der Waals surface area contributed by atoms with Crippen LogP contribution >= 0.6 is 0 Å². The van der Waals surface area contributed by atoms with Gasteiger partial charge >= 0.3 is 0 Å². The minimum Gasteiger partial charge on any atom is -0.394 e. The molecule has 0 bridgehead atoms. The second-order valence-corrected chi connectivity index (χ2v) is 14.8. The summed E-state index contributed by atoms with van der Waals surface area (Å²) in [6.45, 7) is 4.37. The van der Waals surface area contributed by atoms with E-state index in [9.17, 15) is 15.0 Å². The molecule has 0 aliphatic rings. The number of nitrogens with one attached hydrogen (secondary N) is 1. The fraction of sp³-hybridized carbons (Fsp3) is 0.976. The van der Waals surface area contributed by atoms with E-state index >= 15 is 0 Å². The second-order valence-electron chi connectivity index (χ2n) is 14.8. The highest BCUT2D eigenvalue weighted by Gasteiger charge is 2.20. The van der Waals surface area contributed by atoms with Crippen LogP contribution in [-0.4, -0.2) is 34.9 Å². The highest BCUT2D eigenvalue weighted by molar-refractivity contribution is 5.76. The Bertz CT molecular complexity index is 583. The van der Waals surface area contributed by atoms with Gasteiger partial charge in [0.1, 0.15) is 0 Å². The van der Waals surface area contributed by atoms with Crippen molar-refractivity contribution in [3.8, 4) is 0 Å². The maximum absolute atomic E-state index is 12.4.